The third-order valence-electron chi connectivity index (χ3n) is 11.5. The first kappa shape index (κ1) is 40.0. The molecule has 2 fully saturated rings. The van der Waals surface area contributed by atoms with Gasteiger partial charge in [-0.1, -0.05) is 93.6 Å². The van der Waals surface area contributed by atoms with Crippen molar-refractivity contribution in [3.8, 4) is 5.75 Å². The molecule has 7 rings (SSSR count). The fourth-order valence-corrected chi connectivity index (χ4v) is 13.6. The first-order valence-electron chi connectivity index (χ1n) is 19.2. The molecule has 3 aliphatic rings. The number of fused-ring (bicyclic) bond motifs is 3. The molecule has 0 radical (unpaired) electrons. The highest BCUT2D eigenvalue weighted by atomic mass is 28.4. The molecule has 0 spiro atoms. The molecule has 2 saturated heterocycles. The zero-order valence-electron chi connectivity index (χ0n) is 32.4. The van der Waals surface area contributed by atoms with Gasteiger partial charge in [0.25, 0.3) is 8.32 Å². The van der Waals surface area contributed by atoms with Crippen LogP contribution in [-0.4, -0.2) is 73.2 Å². The van der Waals surface area contributed by atoms with Crippen molar-refractivity contribution in [3.05, 3.63) is 131 Å². The molecule has 0 saturated carbocycles. The number of hydrogen-bond donors (Lipinski definition) is 2. The number of rotatable bonds is 10. The van der Waals surface area contributed by atoms with Crippen LogP contribution >= 0.6 is 0 Å². The lowest BCUT2D eigenvalue weighted by Gasteiger charge is -2.46. The van der Waals surface area contributed by atoms with Gasteiger partial charge in [0, 0.05) is 6.20 Å². The number of allylic oxidation sites excluding steroid dienone is 1. The largest absolute Gasteiger partial charge is 0.505 e. The van der Waals surface area contributed by atoms with Gasteiger partial charge in [-0.3, -0.25) is 14.6 Å². The van der Waals surface area contributed by atoms with Crippen molar-refractivity contribution >= 4 is 55.4 Å². The standard InChI is InChI=1S/C44H46BFN2O8Si/c1-44(2,3)57(31-13-7-5-8-14-31,32-15-9-6-10-16-32)55-27-30-25-33-40(42(51)48(41(33)50)43(52)54-4)34-26-45(53)56-38(39(30)34)21-19-29(36-17-11-12-22-47-36)23-28-18-20-37(49)35(46)24-28/h5-18,20,22-24,33-34,38,40,49,53H,19,21,25-27H2,1-4H3/b29-23-/t33-,34+,38-,40-/m1/s1. The Morgan fingerprint density at radius 1 is 0.982 bits per heavy atom. The van der Waals surface area contributed by atoms with E-state index in [1.165, 1.54) is 12.1 Å². The number of ether oxygens (including phenoxy) is 1. The van der Waals surface area contributed by atoms with Gasteiger partial charge in [-0.25, -0.2) is 9.18 Å². The molecule has 1 aromatic heterocycles. The Morgan fingerprint density at radius 2 is 1.65 bits per heavy atom. The van der Waals surface area contributed by atoms with Crippen LogP contribution in [0.15, 0.2) is 114 Å². The summed E-state index contributed by atoms with van der Waals surface area (Å²) in [5, 5.41) is 22.9. The van der Waals surface area contributed by atoms with Gasteiger partial charge in [0.05, 0.1) is 37.4 Å². The number of imide groups is 3. The first-order chi connectivity index (χ1) is 27.3. The van der Waals surface area contributed by atoms with Gasteiger partial charge in [-0.2, -0.15) is 4.90 Å². The molecule has 2 aliphatic heterocycles. The Balaban J connectivity index is 1.33. The number of carbonyl (C=O) groups is 3. The monoisotopic (exact) mass is 788 g/mol. The van der Waals surface area contributed by atoms with E-state index in [1.807, 2.05) is 48.5 Å². The quantitative estimate of drug-likeness (QED) is 0.107. The molecule has 4 atom stereocenters. The Labute approximate surface area is 333 Å². The van der Waals surface area contributed by atoms with E-state index < -0.39 is 68.8 Å². The SMILES string of the molecule is COC(=O)N1C(=O)[C@@H]2[C@@H](CC(CO[Si](c3ccccc3)(c3ccccc3)C(C)(C)C)=C3[C@@H](CC/C(=C/c4ccc(O)c(F)c4)c4ccccn4)OB(O)C[C@@H]32)C1=O. The number of nitrogens with zero attached hydrogens (tertiary/aromatic N) is 2. The van der Waals surface area contributed by atoms with E-state index in [0.29, 0.717) is 29.0 Å². The summed E-state index contributed by atoms with van der Waals surface area (Å²) < 4.78 is 33.1. The van der Waals surface area contributed by atoms with Crippen LogP contribution in [0.25, 0.3) is 11.6 Å². The van der Waals surface area contributed by atoms with Crippen molar-refractivity contribution in [1.29, 1.82) is 0 Å². The minimum atomic E-state index is -3.09. The molecule has 0 unspecified atom stereocenters. The topological polar surface area (TPSA) is 135 Å². The molecule has 3 amide bonds. The van der Waals surface area contributed by atoms with Gasteiger partial charge in [-0.05, 0) is 99.5 Å². The Hall–Kier alpha value is -5.21. The summed E-state index contributed by atoms with van der Waals surface area (Å²) in [5.74, 6) is -4.88. The van der Waals surface area contributed by atoms with E-state index in [4.69, 9.17) is 13.8 Å². The average Bonchev–Trinajstić information content (AvgIpc) is 3.46. The highest BCUT2D eigenvalue weighted by Crippen LogP contribution is 2.51. The summed E-state index contributed by atoms with van der Waals surface area (Å²) in [4.78, 5) is 45.9. The maximum atomic E-state index is 14.5. The summed E-state index contributed by atoms with van der Waals surface area (Å²) in [6, 6.07) is 30.0. The van der Waals surface area contributed by atoms with E-state index in [-0.39, 0.29) is 24.4 Å². The van der Waals surface area contributed by atoms with Crippen molar-refractivity contribution in [2.45, 2.75) is 57.5 Å². The molecule has 57 heavy (non-hydrogen) atoms. The summed E-state index contributed by atoms with van der Waals surface area (Å²) in [6.45, 7) is 6.66. The Morgan fingerprint density at radius 3 is 2.25 bits per heavy atom. The number of benzene rings is 3. The van der Waals surface area contributed by atoms with E-state index in [1.54, 1.807) is 24.4 Å². The minimum absolute atomic E-state index is 0.0411. The molecule has 0 bridgehead atoms. The van der Waals surface area contributed by atoms with Crippen LogP contribution in [0.3, 0.4) is 0 Å². The molecule has 2 N–H and O–H groups in total. The fraction of sp³-hybridized carbons (Fsp3) is 0.318. The van der Waals surface area contributed by atoms with Gasteiger partial charge in [0.2, 0.25) is 11.8 Å². The lowest BCUT2D eigenvalue weighted by atomic mass is 9.58. The summed E-state index contributed by atoms with van der Waals surface area (Å²) in [5.41, 5.74) is 3.50. The van der Waals surface area contributed by atoms with Gasteiger partial charge >= 0.3 is 13.2 Å². The highest BCUT2D eigenvalue weighted by Gasteiger charge is 2.60. The highest BCUT2D eigenvalue weighted by molar-refractivity contribution is 6.99. The van der Waals surface area contributed by atoms with Gasteiger partial charge in [0.15, 0.2) is 11.6 Å². The van der Waals surface area contributed by atoms with E-state index in [0.717, 1.165) is 34.2 Å². The number of aromatic nitrogens is 1. The molecule has 3 aromatic carbocycles. The third-order valence-corrected chi connectivity index (χ3v) is 16.5. The van der Waals surface area contributed by atoms with E-state index in [2.05, 4.69) is 50.0 Å². The van der Waals surface area contributed by atoms with Crippen molar-refractivity contribution < 1.29 is 42.7 Å². The molecule has 3 heterocycles. The van der Waals surface area contributed by atoms with Crippen molar-refractivity contribution in [3.63, 3.8) is 0 Å². The van der Waals surface area contributed by atoms with Crippen molar-refractivity contribution in [2.75, 3.05) is 13.7 Å². The van der Waals surface area contributed by atoms with Crippen LogP contribution in [0, 0.1) is 23.6 Å². The third kappa shape index (κ3) is 7.64. The number of aromatic hydroxyl groups is 1. The molecular formula is C44H46BFN2O8Si. The number of hydrogen-bond acceptors (Lipinski definition) is 9. The minimum Gasteiger partial charge on any atom is -0.505 e. The van der Waals surface area contributed by atoms with Crippen LogP contribution in [0.4, 0.5) is 9.18 Å². The second-order valence-corrected chi connectivity index (χ2v) is 20.2. The Bertz CT molecular complexity index is 2160. The number of methoxy groups -OCH3 is 1. The maximum Gasteiger partial charge on any atom is 0.455 e. The predicted octanol–water partition coefficient (Wildman–Crippen LogP) is 6.39. The van der Waals surface area contributed by atoms with Gasteiger partial charge in [0.1, 0.15) is 0 Å². The molecule has 1 aliphatic carbocycles. The number of halogens is 1. The van der Waals surface area contributed by atoms with Gasteiger partial charge in [-0.15, -0.1) is 0 Å². The lowest BCUT2D eigenvalue weighted by molar-refractivity contribution is -0.137. The zero-order chi connectivity index (χ0) is 40.5. The number of amides is 3. The second-order valence-electron chi connectivity index (χ2n) is 15.9. The summed E-state index contributed by atoms with van der Waals surface area (Å²) >= 11 is 0. The smallest absolute Gasteiger partial charge is 0.455 e. The normalized spacial score (nSPS) is 21.4. The number of carbonyl (C=O) groups excluding carboxylic acids is 3. The molecule has 13 heteroatoms. The van der Waals surface area contributed by atoms with E-state index in [9.17, 15) is 28.9 Å². The predicted molar refractivity (Wildman–Crippen MR) is 217 cm³/mol. The van der Waals surface area contributed by atoms with E-state index >= 15 is 0 Å². The van der Waals surface area contributed by atoms with Crippen LogP contribution in [0.1, 0.15) is 51.3 Å². The summed E-state index contributed by atoms with van der Waals surface area (Å²) in [7, 11) is -3.21. The van der Waals surface area contributed by atoms with Crippen LogP contribution < -0.4 is 10.4 Å². The molecule has 10 nitrogen and oxygen atoms in total. The van der Waals surface area contributed by atoms with Crippen molar-refractivity contribution in [1.82, 2.24) is 9.88 Å². The summed E-state index contributed by atoms with van der Waals surface area (Å²) in [6.07, 6.45) is 2.60. The number of phenols is 1. The first-order valence-corrected chi connectivity index (χ1v) is 21.1. The maximum absolute atomic E-state index is 14.5. The van der Waals surface area contributed by atoms with Crippen LogP contribution in [0.5, 0.6) is 5.75 Å². The fourth-order valence-electron chi connectivity index (χ4n) is 9.05. The second kappa shape index (κ2) is 16.3. The number of phenolic OH excluding ortho intramolecular Hbond substituents is 1. The van der Waals surface area contributed by atoms with Crippen LogP contribution in [-0.2, 0) is 23.4 Å². The number of pyridine rings is 1. The molecule has 4 aromatic rings. The average molecular weight is 789 g/mol. The van der Waals surface area contributed by atoms with Crippen molar-refractivity contribution in [2.24, 2.45) is 17.8 Å². The number of likely N-dealkylation sites (tertiary alicyclic amines) is 1. The van der Waals surface area contributed by atoms with Crippen LogP contribution in [0.2, 0.25) is 11.4 Å². The molecular weight excluding hydrogens is 742 g/mol. The lowest BCUT2D eigenvalue weighted by Crippen LogP contribution is -2.66. The zero-order valence-corrected chi connectivity index (χ0v) is 33.4. The Kier molecular flexibility index (Phi) is 11.5. The molecule has 294 valence electrons. The van der Waals surface area contributed by atoms with Gasteiger partial charge < -0.3 is 23.9 Å².